The van der Waals surface area contributed by atoms with Crippen LogP contribution in [0.1, 0.15) is 162 Å². The van der Waals surface area contributed by atoms with Gasteiger partial charge in [-0.2, -0.15) is 15.3 Å². The van der Waals surface area contributed by atoms with Crippen molar-refractivity contribution in [2.45, 2.75) is 162 Å². The van der Waals surface area contributed by atoms with Gasteiger partial charge in [-0.25, -0.2) is 0 Å². The van der Waals surface area contributed by atoms with Crippen molar-refractivity contribution in [1.29, 1.82) is 0 Å². The molecule has 0 saturated heterocycles. The van der Waals surface area contributed by atoms with Crippen molar-refractivity contribution < 1.29 is 0 Å². The third kappa shape index (κ3) is 30.0. The molecule has 0 spiro atoms. The van der Waals surface area contributed by atoms with E-state index in [0.29, 0.717) is 0 Å². The van der Waals surface area contributed by atoms with Crippen LogP contribution in [0.2, 0.25) is 0 Å². The van der Waals surface area contributed by atoms with E-state index in [1.54, 1.807) is 12.4 Å². The number of aromatic amines is 3. The summed E-state index contributed by atoms with van der Waals surface area (Å²) in [5, 5.41) is 20.2. The molecular formula is C33H72N6. The summed E-state index contributed by atoms with van der Waals surface area (Å²) >= 11 is 0. The Morgan fingerprint density at radius 1 is 0.462 bits per heavy atom. The summed E-state index contributed by atoms with van der Waals surface area (Å²) < 4.78 is 0. The van der Waals surface area contributed by atoms with E-state index in [1.807, 2.05) is 108 Å². The molecule has 0 radical (unpaired) electrons. The number of hydrogen-bond donors (Lipinski definition) is 3. The van der Waals surface area contributed by atoms with Crippen molar-refractivity contribution in [3.8, 4) is 0 Å². The van der Waals surface area contributed by atoms with Crippen molar-refractivity contribution in [3.63, 3.8) is 0 Å². The zero-order valence-corrected chi connectivity index (χ0v) is 30.3. The van der Waals surface area contributed by atoms with Crippen LogP contribution < -0.4 is 0 Å². The maximum Gasteiger partial charge on any atom is 0.0524 e. The van der Waals surface area contributed by atoms with E-state index >= 15 is 0 Å². The molecule has 6 nitrogen and oxygen atoms in total. The predicted octanol–water partition coefficient (Wildman–Crippen LogP) is 11.3. The second-order valence-corrected chi connectivity index (χ2v) is 9.68. The highest BCUT2D eigenvalue weighted by molar-refractivity contribution is 5.14. The monoisotopic (exact) mass is 553 g/mol. The van der Waals surface area contributed by atoms with Crippen LogP contribution in [0.5, 0.6) is 0 Å². The Kier molecular flexibility index (Phi) is 40.5. The van der Waals surface area contributed by atoms with E-state index < -0.39 is 0 Å². The lowest BCUT2D eigenvalue weighted by Crippen LogP contribution is -2.11. The molecule has 3 rings (SSSR count). The van der Waals surface area contributed by atoms with E-state index in [2.05, 4.69) is 92.9 Å². The van der Waals surface area contributed by atoms with E-state index in [4.69, 9.17) is 0 Å². The molecule has 0 fully saturated rings. The summed E-state index contributed by atoms with van der Waals surface area (Å²) in [6, 6.07) is 4.00. The van der Waals surface area contributed by atoms with Crippen molar-refractivity contribution in [2.75, 3.05) is 0 Å². The van der Waals surface area contributed by atoms with Gasteiger partial charge in [-0.05, 0) is 23.1 Å². The van der Waals surface area contributed by atoms with Crippen LogP contribution in [0.15, 0.2) is 36.9 Å². The fourth-order valence-electron chi connectivity index (χ4n) is 2.01. The van der Waals surface area contributed by atoms with Crippen LogP contribution >= 0.6 is 0 Å². The van der Waals surface area contributed by atoms with Crippen LogP contribution in [-0.2, 0) is 16.2 Å². The second kappa shape index (κ2) is 31.8. The average Bonchev–Trinajstić information content (AvgIpc) is 3.74. The van der Waals surface area contributed by atoms with E-state index in [0.717, 1.165) is 0 Å². The molecule has 0 aromatic carbocycles. The Morgan fingerprint density at radius 3 is 0.872 bits per heavy atom. The van der Waals surface area contributed by atoms with E-state index in [-0.39, 0.29) is 16.2 Å². The molecule has 0 aliphatic heterocycles. The largest absolute Gasteiger partial charge is 0.285 e. The number of rotatable bonds is 0. The summed E-state index contributed by atoms with van der Waals surface area (Å²) in [6.45, 7) is 43.4. The molecule has 3 aromatic heterocycles. The number of hydrogen-bond acceptors (Lipinski definition) is 3. The van der Waals surface area contributed by atoms with Gasteiger partial charge in [0.25, 0.3) is 0 Å². The first-order valence-corrected chi connectivity index (χ1v) is 15.3. The third-order valence-electron chi connectivity index (χ3n) is 3.98. The SMILES string of the molecule is CC.CC.CC.CC.CC.CC.CC(C)(C)c1ccn[nH]1.CC(C)(C)c1ccn[nH]1.CC(C)(C)c1cn[nH]c1. The highest BCUT2D eigenvalue weighted by Crippen LogP contribution is 2.20. The van der Waals surface area contributed by atoms with Crippen molar-refractivity contribution in [2.24, 2.45) is 0 Å². The molecule has 234 valence electrons. The molecule has 39 heavy (non-hydrogen) atoms. The zero-order chi connectivity index (χ0) is 32.7. The minimum atomic E-state index is 0.205. The molecular weight excluding hydrogens is 480 g/mol. The summed E-state index contributed by atoms with van der Waals surface area (Å²) in [4.78, 5) is 0. The molecule has 3 heterocycles. The molecule has 6 heteroatoms. The van der Waals surface area contributed by atoms with Crippen LogP contribution in [0, 0.1) is 0 Å². The normalized spacial score (nSPS) is 9.15. The molecule has 3 N–H and O–H groups in total. The van der Waals surface area contributed by atoms with Crippen molar-refractivity contribution in [1.82, 2.24) is 30.6 Å². The highest BCUT2D eigenvalue weighted by Gasteiger charge is 2.14. The standard InChI is InChI=1S/3C7H12N2.6C2H6/c1-7(2,3)6-4-8-9-5-6;2*1-7(2,3)6-4-5-8-9-6;6*1-2/h3*4-5H,1-3H3,(H,8,9);6*1-2H3. The van der Waals surface area contributed by atoms with E-state index in [1.165, 1.54) is 17.0 Å². The lowest BCUT2D eigenvalue weighted by molar-refractivity contribution is 0.566. The topological polar surface area (TPSA) is 86.0 Å². The molecule has 0 bridgehead atoms. The molecule has 3 aromatic rings. The minimum Gasteiger partial charge on any atom is -0.285 e. The van der Waals surface area contributed by atoms with Gasteiger partial charge < -0.3 is 0 Å². The fraction of sp³-hybridized carbons (Fsp3) is 0.727. The third-order valence-corrected chi connectivity index (χ3v) is 3.98. The van der Waals surface area contributed by atoms with Crippen LogP contribution in [0.25, 0.3) is 0 Å². The van der Waals surface area contributed by atoms with Gasteiger partial charge in [0.15, 0.2) is 0 Å². The van der Waals surface area contributed by atoms with Gasteiger partial charge in [-0.3, -0.25) is 15.3 Å². The number of nitrogens with one attached hydrogen (secondary N) is 3. The highest BCUT2D eigenvalue weighted by atomic mass is 15.1. The van der Waals surface area contributed by atoms with Crippen molar-refractivity contribution in [3.05, 3.63) is 53.9 Å². The minimum absolute atomic E-state index is 0.205. The predicted molar refractivity (Wildman–Crippen MR) is 180 cm³/mol. The Hall–Kier alpha value is -2.37. The Balaban J connectivity index is -0.0000000876. The lowest BCUT2D eigenvalue weighted by atomic mass is 9.90. The summed E-state index contributed by atoms with van der Waals surface area (Å²) in [5.41, 5.74) is 4.26. The first-order valence-electron chi connectivity index (χ1n) is 15.3. The second-order valence-electron chi connectivity index (χ2n) is 9.68. The molecule has 0 amide bonds. The summed E-state index contributed by atoms with van der Waals surface area (Å²) in [7, 11) is 0. The smallest absolute Gasteiger partial charge is 0.0524 e. The number of H-pyrrole nitrogens is 3. The molecule has 0 saturated carbocycles. The maximum absolute atomic E-state index is 3.86. The van der Waals surface area contributed by atoms with Gasteiger partial charge in [0.1, 0.15) is 0 Å². The van der Waals surface area contributed by atoms with Gasteiger partial charge in [0.05, 0.1) is 6.20 Å². The number of nitrogens with zero attached hydrogens (tertiary/aromatic N) is 3. The van der Waals surface area contributed by atoms with Crippen LogP contribution in [-0.4, -0.2) is 30.6 Å². The first kappa shape index (κ1) is 49.6. The van der Waals surface area contributed by atoms with Gasteiger partial charge >= 0.3 is 0 Å². The molecule has 0 aliphatic carbocycles. The van der Waals surface area contributed by atoms with Gasteiger partial charge in [0, 0.05) is 40.8 Å². The van der Waals surface area contributed by atoms with Gasteiger partial charge in [-0.1, -0.05) is 145 Å². The van der Waals surface area contributed by atoms with Gasteiger partial charge in [0.2, 0.25) is 0 Å². The first-order chi connectivity index (χ1) is 18.3. The van der Waals surface area contributed by atoms with Crippen LogP contribution in [0.3, 0.4) is 0 Å². The lowest BCUT2D eigenvalue weighted by Gasteiger charge is -2.14. The van der Waals surface area contributed by atoms with Gasteiger partial charge in [-0.15, -0.1) is 0 Å². The van der Waals surface area contributed by atoms with Crippen LogP contribution in [0.4, 0.5) is 0 Å². The quantitative estimate of drug-likeness (QED) is 0.259. The summed E-state index contributed by atoms with van der Waals surface area (Å²) in [5.74, 6) is 0. The summed E-state index contributed by atoms with van der Waals surface area (Å²) in [6.07, 6.45) is 7.35. The zero-order valence-electron chi connectivity index (χ0n) is 30.3. The van der Waals surface area contributed by atoms with Crippen molar-refractivity contribution >= 4 is 0 Å². The van der Waals surface area contributed by atoms with E-state index in [9.17, 15) is 0 Å². The Morgan fingerprint density at radius 2 is 0.769 bits per heavy atom. The molecule has 0 aliphatic rings. The Bertz CT molecular complexity index is 617. The molecule has 0 unspecified atom stereocenters. The average molecular weight is 553 g/mol. The fourth-order valence-corrected chi connectivity index (χ4v) is 2.01. The maximum atomic E-state index is 3.86. The molecule has 0 atom stereocenters. The Labute approximate surface area is 246 Å². The number of aromatic nitrogens is 6.